The normalized spacial score (nSPS) is 12.4. The van der Waals surface area contributed by atoms with Gasteiger partial charge in [-0.1, -0.05) is 11.2 Å². The number of halogens is 1. The number of nitrogens with zero attached hydrogens (tertiary/aromatic N) is 1. The molecule has 0 aliphatic carbocycles. The summed E-state index contributed by atoms with van der Waals surface area (Å²) >= 11 is 5.31. The van der Waals surface area contributed by atoms with E-state index in [4.69, 9.17) is 11.2 Å². The summed E-state index contributed by atoms with van der Waals surface area (Å²) in [5.74, 6) is 0. The first-order valence-electron chi connectivity index (χ1n) is 3.05. The fourth-order valence-electron chi connectivity index (χ4n) is 0.714. The van der Waals surface area contributed by atoms with Gasteiger partial charge in [0, 0.05) is 17.4 Å². The van der Waals surface area contributed by atoms with Crippen LogP contribution in [0.3, 0.4) is 0 Å². The van der Waals surface area contributed by atoms with Crippen LogP contribution in [-0.4, -0.2) is 4.92 Å². The van der Waals surface area contributed by atoms with Crippen molar-refractivity contribution in [3.63, 3.8) is 0 Å². The van der Waals surface area contributed by atoms with Gasteiger partial charge in [-0.3, -0.25) is 10.1 Å². The summed E-state index contributed by atoms with van der Waals surface area (Å²) in [5, 5.41) is 10.6. The third kappa shape index (κ3) is 2.06. The van der Waals surface area contributed by atoms with E-state index in [0.717, 1.165) is 0 Å². The molecule has 1 aromatic carbocycles. The number of hydrogen-bond donors (Lipinski definition) is 0. The number of nitro benzene ring substituents is 1. The zero-order chi connectivity index (χ0) is 9.14. The third-order valence-corrected chi connectivity index (χ3v) is 2.75. The molecular weight excluding hydrogens is 200 g/mol. The molecular formula is C6H5ClNO3P. The van der Waals surface area contributed by atoms with Gasteiger partial charge in [-0.25, -0.2) is 0 Å². The van der Waals surface area contributed by atoms with Gasteiger partial charge >= 0.3 is 0 Å². The summed E-state index contributed by atoms with van der Waals surface area (Å²) in [5.41, 5.74) is -0.0290. The number of rotatable bonds is 2. The second kappa shape index (κ2) is 3.70. The SMILES string of the molecule is O=[N+]([O-])c1ccc([PH](=O)Cl)cc1. The van der Waals surface area contributed by atoms with Crippen LogP contribution in [0.4, 0.5) is 5.69 Å². The van der Waals surface area contributed by atoms with Gasteiger partial charge in [0.2, 0.25) is 0 Å². The van der Waals surface area contributed by atoms with Gasteiger partial charge in [-0.15, -0.1) is 0 Å². The molecule has 4 nitrogen and oxygen atoms in total. The van der Waals surface area contributed by atoms with Crippen molar-refractivity contribution in [2.45, 2.75) is 0 Å². The predicted octanol–water partition coefficient (Wildman–Crippen LogP) is 1.93. The number of nitro groups is 1. The van der Waals surface area contributed by atoms with E-state index in [2.05, 4.69) is 0 Å². The molecule has 0 spiro atoms. The standard InChI is InChI=1S/C6H5ClNO3P/c7-12(11)6-3-1-5(2-4-6)8(9)10/h1-4,12H. The largest absolute Gasteiger partial charge is 0.305 e. The molecule has 6 heteroatoms. The molecule has 0 saturated heterocycles. The molecule has 0 aromatic heterocycles. The highest BCUT2D eigenvalue weighted by Crippen LogP contribution is 2.25. The molecule has 1 rings (SSSR count). The zero-order valence-electron chi connectivity index (χ0n) is 5.86. The lowest BCUT2D eigenvalue weighted by atomic mass is 10.3. The van der Waals surface area contributed by atoms with Gasteiger partial charge in [0.05, 0.1) is 4.92 Å². The number of non-ortho nitro benzene ring substituents is 1. The second-order valence-corrected chi connectivity index (χ2v) is 4.23. The highest BCUT2D eigenvalue weighted by molar-refractivity contribution is 7.80. The van der Waals surface area contributed by atoms with Crippen LogP contribution in [0.25, 0.3) is 0 Å². The Bertz CT molecular complexity index is 291. The first-order valence-corrected chi connectivity index (χ1v) is 5.47. The van der Waals surface area contributed by atoms with Crippen molar-refractivity contribution in [1.29, 1.82) is 0 Å². The predicted molar refractivity (Wildman–Crippen MR) is 47.6 cm³/mol. The molecule has 0 fully saturated rings. The Morgan fingerprint density at radius 2 is 1.83 bits per heavy atom. The molecule has 1 atom stereocenters. The summed E-state index contributed by atoms with van der Waals surface area (Å²) in [6.45, 7) is 0. The molecule has 12 heavy (non-hydrogen) atoms. The van der Waals surface area contributed by atoms with E-state index >= 15 is 0 Å². The molecule has 0 heterocycles. The first-order chi connectivity index (χ1) is 5.61. The minimum Gasteiger partial charge on any atom is -0.305 e. The maximum atomic E-state index is 10.7. The van der Waals surface area contributed by atoms with Crippen molar-refractivity contribution in [3.8, 4) is 0 Å². The molecule has 0 bridgehead atoms. The van der Waals surface area contributed by atoms with Crippen molar-refractivity contribution in [3.05, 3.63) is 34.4 Å². The van der Waals surface area contributed by atoms with Gasteiger partial charge in [0.25, 0.3) is 5.69 Å². The quantitative estimate of drug-likeness (QED) is 0.421. The number of benzene rings is 1. The molecule has 64 valence electrons. The van der Waals surface area contributed by atoms with E-state index in [0.29, 0.717) is 5.30 Å². The Kier molecular flexibility index (Phi) is 2.84. The van der Waals surface area contributed by atoms with E-state index in [1.54, 1.807) is 0 Å². The van der Waals surface area contributed by atoms with Crippen molar-refractivity contribution in [2.24, 2.45) is 0 Å². The number of hydrogen-bond acceptors (Lipinski definition) is 3. The highest BCUT2D eigenvalue weighted by Gasteiger charge is 2.05. The average molecular weight is 206 g/mol. The fraction of sp³-hybridized carbons (Fsp3) is 0. The Labute approximate surface area is 73.9 Å². The molecule has 0 N–H and O–H groups in total. The first kappa shape index (κ1) is 9.23. The summed E-state index contributed by atoms with van der Waals surface area (Å²) in [6.07, 6.45) is 0. The summed E-state index contributed by atoms with van der Waals surface area (Å²) < 4.78 is 10.7. The third-order valence-electron chi connectivity index (χ3n) is 1.31. The summed E-state index contributed by atoms with van der Waals surface area (Å²) in [6, 6.07) is 5.35. The van der Waals surface area contributed by atoms with Crippen LogP contribution in [0.1, 0.15) is 0 Å². The zero-order valence-corrected chi connectivity index (χ0v) is 7.62. The van der Waals surface area contributed by atoms with E-state index in [-0.39, 0.29) is 5.69 Å². The Hall–Kier alpha value is -0.860. The molecule has 0 radical (unpaired) electrons. The lowest BCUT2D eigenvalue weighted by Crippen LogP contribution is -1.94. The van der Waals surface area contributed by atoms with Gasteiger partial charge in [-0.05, 0) is 12.1 Å². The lowest BCUT2D eigenvalue weighted by Gasteiger charge is -1.93. The van der Waals surface area contributed by atoms with Crippen LogP contribution in [0.15, 0.2) is 24.3 Å². The van der Waals surface area contributed by atoms with Crippen molar-refractivity contribution in [2.75, 3.05) is 0 Å². The maximum Gasteiger partial charge on any atom is 0.269 e. The van der Waals surface area contributed by atoms with Crippen LogP contribution in [0.5, 0.6) is 0 Å². The van der Waals surface area contributed by atoms with Gasteiger partial charge in [0.1, 0.15) is 0 Å². The average Bonchev–Trinajstić information content (AvgIpc) is 2.04. The van der Waals surface area contributed by atoms with Crippen LogP contribution in [0, 0.1) is 10.1 Å². The van der Waals surface area contributed by atoms with Crippen molar-refractivity contribution < 1.29 is 9.49 Å². The summed E-state index contributed by atoms with van der Waals surface area (Å²) in [4.78, 5) is 9.67. The fourth-order valence-corrected chi connectivity index (χ4v) is 1.52. The van der Waals surface area contributed by atoms with Crippen LogP contribution in [0.2, 0.25) is 0 Å². The van der Waals surface area contributed by atoms with Crippen LogP contribution in [-0.2, 0) is 4.57 Å². The molecule has 1 aromatic rings. The maximum absolute atomic E-state index is 10.7. The monoisotopic (exact) mass is 205 g/mol. The molecule has 0 saturated carbocycles. The topological polar surface area (TPSA) is 60.2 Å². The van der Waals surface area contributed by atoms with Crippen molar-refractivity contribution >= 4 is 29.4 Å². The van der Waals surface area contributed by atoms with E-state index in [9.17, 15) is 14.7 Å². The lowest BCUT2D eigenvalue weighted by molar-refractivity contribution is -0.384. The molecule has 1 unspecified atom stereocenters. The highest BCUT2D eigenvalue weighted by atomic mass is 35.7. The smallest absolute Gasteiger partial charge is 0.269 e. The van der Waals surface area contributed by atoms with Gasteiger partial charge in [0.15, 0.2) is 7.15 Å². The Balaban J connectivity index is 3.01. The second-order valence-electron chi connectivity index (χ2n) is 2.08. The van der Waals surface area contributed by atoms with Gasteiger partial charge in [-0.2, -0.15) is 0 Å². The van der Waals surface area contributed by atoms with E-state index in [1.807, 2.05) is 0 Å². The minimum atomic E-state index is -2.25. The minimum absolute atomic E-state index is 0.0290. The Morgan fingerprint density at radius 3 is 2.17 bits per heavy atom. The van der Waals surface area contributed by atoms with E-state index < -0.39 is 12.1 Å². The molecule has 0 aliphatic heterocycles. The van der Waals surface area contributed by atoms with Gasteiger partial charge < -0.3 is 4.57 Å². The summed E-state index contributed by atoms with van der Waals surface area (Å²) in [7, 11) is -2.25. The molecule has 0 amide bonds. The Morgan fingerprint density at radius 1 is 1.33 bits per heavy atom. The van der Waals surface area contributed by atoms with Crippen LogP contribution < -0.4 is 5.30 Å². The van der Waals surface area contributed by atoms with Crippen LogP contribution >= 0.6 is 18.4 Å². The molecule has 0 aliphatic rings. The van der Waals surface area contributed by atoms with E-state index in [1.165, 1.54) is 24.3 Å². The van der Waals surface area contributed by atoms with Crippen molar-refractivity contribution in [1.82, 2.24) is 0 Å².